The van der Waals surface area contributed by atoms with Gasteiger partial charge in [0, 0.05) is 43.5 Å². The summed E-state index contributed by atoms with van der Waals surface area (Å²) in [6.45, 7) is 3.83. The van der Waals surface area contributed by atoms with E-state index >= 15 is 0 Å². The van der Waals surface area contributed by atoms with Crippen LogP contribution in [0, 0.1) is 0 Å². The van der Waals surface area contributed by atoms with Crippen molar-refractivity contribution in [2.24, 2.45) is 0 Å². The zero-order chi connectivity index (χ0) is 15.8. The summed E-state index contributed by atoms with van der Waals surface area (Å²) in [7, 11) is 0. The predicted octanol–water partition coefficient (Wildman–Crippen LogP) is 2.63. The average Bonchev–Trinajstić information content (AvgIpc) is 3.20. The molecular formula is C18H24N4O. The third-order valence-electron chi connectivity index (χ3n) is 5.38. The number of H-pyrrole nitrogens is 1. The SMILES string of the molecule is C[C@@H]1c2cccn2CCN1C(=O)CCc1n[nH]c2c1CCCC2. The molecule has 0 spiro atoms. The van der Waals surface area contributed by atoms with Gasteiger partial charge >= 0.3 is 0 Å². The highest BCUT2D eigenvalue weighted by atomic mass is 16.2. The second kappa shape index (κ2) is 5.87. The van der Waals surface area contributed by atoms with Crippen LogP contribution in [0.5, 0.6) is 0 Å². The van der Waals surface area contributed by atoms with Gasteiger partial charge < -0.3 is 9.47 Å². The Labute approximate surface area is 136 Å². The Hall–Kier alpha value is -2.04. The standard InChI is InChI=1S/C18H24N4O/c1-13-17-7-4-10-21(17)11-12-22(13)18(23)9-8-16-14-5-2-3-6-15(14)19-20-16/h4,7,10,13H,2-3,5-6,8-9,11-12H2,1H3,(H,19,20)/t13-/m1/s1. The van der Waals surface area contributed by atoms with Gasteiger partial charge in [0.25, 0.3) is 0 Å². The van der Waals surface area contributed by atoms with Crippen molar-refractivity contribution in [2.45, 2.75) is 58.0 Å². The molecule has 122 valence electrons. The molecule has 5 nitrogen and oxygen atoms in total. The van der Waals surface area contributed by atoms with Crippen LogP contribution in [0.15, 0.2) is 18.3 Å². The third kappa shape index (κ3) is 2.58. The van der Waals surface area contributed by atoms with E-state index in [1.165, 1.54) is 29.8 Å². The minimum Gasteiger partial charge on any atom is -0.348 e. The first kappa shape index (κ1) is 14.5. The normalized spacial score (nSPS) is 20.2. The summed E-state index contributed by atoms with van der Waals surface area (Å²) in [6, 6.07) is 4.35. The summed E-state index contributed by atoms with van der Waals surface area (Å²) < 4.78 is 2.25. The molecule has 1 N–H and O–H groups in total. The third-order valence-corrected chi connectivity index (χ3v) is 5.38. The van der Waals surface area contributed by atoms with Gasteiger partial charge in [-0.05, 0) is 50.3 Å². The van der Waals surface area contributed by atoms with Crippen LogP contribution in [0.25, 0.3) is 0 Å². The molecule has 3 heterocycles. The van der Waals surface area contributed by atoms with Crippen LogP contribution in [0.4, 0.5) is 0 Å². The summed E-state index contributed by atoms with van der Waals surface area (Å²) in [5.74, 6) is 0.248. The molecule has 5 heteroatoms. The van der Waals surface area contributed by atoms with Crippen LogP contribution >= 0.6 is 0 Å². The highest BCUT2D eigenvalue weighted by molar-refractivity contribution is 5.77. The Balaban J connectivity index is 1.42. The summed E-state index contributed by atoms with van der Waals surface area (Å²) in [6.07, 6.45) is 8.13. The molecular weight excluding hydrogens is 288 g/mol. The first-order chi connectivity index (χ1) is 11.2. The number of nitrogens with zero attached hydrogens (tertiary/aromatic N) is 3. The molecule has 2 aromatic heterocycles. The zero-order valence-electron chi connectivity index (χ0n) is 13.7. The molecule has 0 radical (unpaired) electrons. The van der Waals surface area contributed by atoms with Gasteiger partial charge in [0.05, 0.1) is 11.7 Å². The topological polar surface area (TPSA) is 53.9 Å². The second-order valence-electron chi connectivity index (χ2n) is 6.72. The van der Waals surface area contributed by atoms with Crippen molar-refractivity contribution < 1.29 is 4.79 Å². The quantitative estimate of drug-likeness (QED) is 0.947. The fourth-order valence-electron chi connectivity index (χ4n) is 4.05. The van der Waals surface area contributed by atoms with Gasteiger partial charge in [0.2, 0.25) is 5.91 Å². The fourth-order valence-corrected chi connectivity index (χ4v) is 4.05. The Morgan fingerprint density at radius 2 is 2.22 bits per heavy atom. The maximum absolute atomic E-state index is 12.7. The van der Waals surface area contributed by atoms with Gasteiger partial charge in [0.1, 0.15) is 0 Å². The molecule has 0 saturated heterocycles. The molecule has 0 fully saturated rings. The van der Waals surface area contributed by atoms with Crippen molar-refractivity contribution in [2.75, 3.05) is 6.54 Å². The van der Waals surface area contributed by atoms with Crippen molar-refractivity contribution in [1.29, 1.82) is 0 Å². The summed E-state index contributed by atoms with van der Waals surface area (Å²) in [5, 5.41) is 7.63. The van der Waals surface area contributed by atoms with Crippen molar-refractivity contribution >= 4 is 5.91 Å². The van der Waals surface area contributed by atoms with Crippen molar-refractivity contribution in [1.82, 2.24) is 19.7 Å². The van der Waals surface area contributed by atoms with Crippen molar-refractivity contribution in [3.8, 4) is 0 Å². The van der Waals surface area contributed by atoms with E-state index in [-0.39, 0.29) is 11.9 Å². The number of carbonyl (C=O) groups is 1. The number of hydrogen-bond acceptors (Lipinski definition) is 2. The number of rotatable bonds is 3. The van der Waals surface area contributed by atoms with Gasteiger partial charge in [-0.15, -0.1) is 0 Å². The number of amides is 1. The van der Waals surface area contributed by atoms with E-state index in [1.807, 2.05) is 4.90 Å². The number of carbonyl (C=O) groups excluding carboxylic acids is 1. The number of aromatic nitrogens is 3. The van der Waals surface area contributed by atoms with E-state index < -0.39 is 0 Å². The van der Waals surface area contributed by atoms with E-state index in [0.717, 1.165) is 38.0 Å². The van der Waals surface area contributed by atoms with Gasteiger partial charge in [-0.3, -0.25) is 9.89 Å². The van der Waals surface area contributed by atoms with Crippen LogP contribution in [0.3, 0.4) is 0 Å². The van der Waals surface area contributed by atoms with Crippen LogP contribution in [-0.2, 0) is 30.6 Å². The number of nitrogens with one attached hydrogen (secondary N) is 1. The predicted molar refractivity (Wildman–Crippen MR) is 88.1 cm³/mol. The lowest BCUT2D eigenvalue weighted by Crippen LogP contribution is -2.40. The molecule has 0 saturated carbocycles. The first-order valence-corrected chi connectivity index (χ1v) is 8.73. The van der Waals surface area contributed by atoms with Crippen molar-refractivity contribution in [3.05, 3.63) is 41.0 Å². The van der Waals surface area contributed by atoms with E-state index in [0.29, 0.717) is 6.42 Å². The maximum Gasteiger partial charge on any atom is 0.223 e. The molecule has 4 rings (SSSR count). The molecule has 0 unspecified atom stereocenters. The monoisotopic (exact) mass is 312 g/mol. The zero-order valence-corrected chi connectivity index (χ0v) is 13.7. The number of aromatic amines is 1. The summed E-state index contributed by atoms with van der Waals surface area (Å²) in [4.78, 5) is 14.7. The van der Waals surface area contributed by atoms with Crippen LogP contribution in [0.1, 0.15) is 54.9 Å². The maximum atomic E-state index is 12.7. The molecule has 1 aliphatic heterocycles. The number of aryl methyl sites for hydroxylation is 2. The summed E-state index contributed by atoms with van der Waals surface area (Å²) in [5.41, 5.74) is 5.02. The van der Waals surface area contributed by atoms with E-state index in [1.54, 1.807) is 0 Å². The lowest BCUT2D eigenvalue weighted by atomic mass is 9.94. The van der Waals surface area contributed by atoms with Crippen LogP contribution in [-0.4, -0.2) is 32.1 Å². The molecule has 2 aliphatic rings. The molecule has 23 heavy (non-hydrogen) atoms. The van der Waals surface area contributed by atoms with Gasteiger partial charge in [-0.2, -0.15) is 5.10 Å². The molecule has 0 aromatic carbocycles. The average molecular weight is 312 g/mol. The van der Waals surface area contributed by atoms with E-state index in [9.17, 15) is 4.79 Å². The highest BCUT2D eigenvalue weighted by Gasteiger charge is 2.27. The van der Waals surface area contributed by atoms with Crippen LogP contribution < -0.4 is 0 Å². The Morgan fingerprint density at radius 3 is 3.13 bits per heavy atom. The number of fused-ring (bicyclic) bond motifs is 2. The molecule has 1 atom stereocenters. The largest absolute Gasteiger partial charge is 0.348 e. The molecule has 0 bridgehead atoms. The Morgan fingerprint density at radius 1 is 1.35 bits per heavy atom. The Kier molecular flexibility index (Phi) is 3.71. The first-order valence-electron chi connectivity index (χ1n) is 8.73. The lowest BCUT2D eigenvalue weighted by Gasteiger charge is -2.35. The minimum atomic E-state index is 0.166. The molecule has 1 aliphatic carbocycles. The van der Waals surface area contributed by atoms with Crippen LogP contribution in [0.2, 0.25) is 0 Å². The molecule has 2 aromatic rings. The van der Waals surface area contributed by atoms with E-state index in [2.05, 4.69) is 40.0 Å². The second-order valence-corrected chi connectivity index (χ2v) is 6.72. The van der Waals surface area contributed by atoms with E-state index in [4.69, 9.17) is 0 Å². The highest BCUT2D eigenvalue weighted by Crippen LogP contribution is 2.27. The summed E-state index contributed by atoms with van der Waals surface area (Å²) >= 11 is 0. The van der Waals surface area contributed by atoms with Crippen molar-refractivity contribution in [3.63, 3.8) is 0 Å². The van der Waals surface area contributed by atoms with Gasteiger partial charge in [0.15, 0.2) is 0 Å². The van der Waals surface area contributed by atoms with Gasteiger partial charge in [-0.1, -0.05) is 0 Å². The minimum absolute atomic E-state index is 0.166. The smallest absolute Gasteiger partial charge is 0.223 e. The molecule has 1 amide bonds. The Bertz CT molecular complexity index is 714. The number of hydrogen-bond donors (Lipinski definition) is 1. The fraction of sp³-hybridized carbons (Fsp3) is 0.556. The lowest BCUT2D eigenvalue weighted by molar-refractivity contribution is -0.134. The van der Waals surface area contributed by atoms with Gasteiger partial charge in [-0.25, -0.2) is 0 Å².